The number of ether oxygens (including phenoxy) is 1. The molecule has 0 saturated carbocycles. The predicted molar refractivity (Wildman–Crippen MR) is 75.8 cm³/mol. The first kappa shape index (κ1) is 15.0. The fourth-order valence-corrected chi connectivity index (χ4v) is 3.07. The zero-order valence-electron chi connectivity index (χ0n) is 11.3. The molecule has 1 saturated heterocycles. The molecule has 2 heterocycles. The highest BCUT2D eigenvalue weighted by Gasteiger charge is 2.41. The van der Waals surface area contributed by atoms with Gasteiger partial charge < -0.3 is 15.2 Å². The zero-order chi connectivity index (χ0) is 14.4. The molecule has 1 fully saturated rings. The SMILES string of the molecule is O=C(CCCc1cccs1)NC1(C(=O)O)CCOCC1. The summed E-state index contributed by atoms with van der Waals surface area (Å²) in [5.41, 5.74) is -1.14. The molecule has 5 nitrogen and oxygen atoms in total. The smallest absolute Gasteiger partial charge is 0.329 e. The summed E-state index contributed by atoms with van der Waals surface area (Å²) in [6.45, 7) is 0.754. The van der Waals surface area contributed by atoms with Crippen molar-refractivity contribution in [3.8, 4) is 0 Å². The van der Waals surface area contributed by atoms with E-state index in [9.17, 15) is 14.7 Å². The van der Waals surface area contributed by atoms with Crippen molar-refractivity contribution in [1.29, 1.82) is 0 Å². The van der Waals surface area contributed by atoms with Crippen LogP contribution in [0.15, 0.2) is 17.5 Å². The Balaban J connectivity index is 1.81. The molecule has 0 spiro atoms. The second-order valence-electron chi connectivity index (χ2n) is 4.98. The highest BCUT2D eigenvalue weighted by atomic mass is 32.1. The van der Waals surface area contributed by atoms with Crippen molar-refractivity contribution >= 4 is 23.2 Å². The lowest BCUT2D eigenvalue weighted by atomic mass is 9.90. The Labute approximate surface area is 121 Å². The van der Waals surface area contributed by atoms with Gasteiger partial charge in [0.05, 0.1) is 0 Å². The number of thiophene rings is 1. The molecule has 1 aliphatic heterocycles. The average Bonchev–Trinajstić information content (AvgIpc) is 2.93. The van der Waals surface area contributed by atoms with Crippen molar-refractivity contribution in [3.05, 3.63) is 22.4 Å². The van der Waals surface area contributed by atoms with Crippen molar-refractivity contribution in [2.75, 3.05) is 13.2 Å². The molecule has 0 bridgehead atoms. The van der Waals surface area contributed by atoms with E-state index in [2.05, 4.69) is 5.32 Å². The number of aryl methyl sites for hydroxylation is 1. The molecule has 0 aromatic carbocycles. The van der Waals surface area contributed by atoms with E-state index in [1.54, 1.807) is 11.3 Å². The van der Waals surface area contributed by atoms with Crippen LogP contribution in [0, 0.1) is 0 Å². The number of nitrogens with one attached hydrogen (secondary N) is 1. The van der Waals surface area contributed by atoms with Crippen molar-refractivity contribution in [1.82, 2.24) is 5.32 Å². The van der Waals surface area contributed by atoms with E-state index >= 15 is 0 Å². The van der Waals surface area contributed by atoms with Gasteiger partial charge in [0, 0.05) is 37.4 Å². The Hall–Kier alpha value is -1.40. The van der Waals surface area contributed by atoms with Gasteiger partial charge in [-0.2, -0.15) is 0 Å². The van der Waals surface area contributed by atoms with Crippen LogP contribution in [0.25, 0.3) is 0 Å². The summed E-state index contributed by atoms with van der Waals surface area (Å²) in [4.78, 5) is 24.6. The standard InChI is InChI=1S/C14H19NO4S/c16-12(5-1-3-11-4-2-10-20-11)15-14(13(17)18)6-8-19-9-7-14/h2,4,10H,1,3,5-9H2,(H,15,16)(H,17,18). The third-order valence-electron chi connectivity index (χ3n) is 3.54. The van der Waals surface area contributed by atoms with Crippen LogP contribution in [0.2, 0.25) is 0 Å². The monoisotopic (exact) mass is 297 g/mol. The highest BCUT2D eigenvalue weighted by molar-refractivity contribution is 7.09. The van der Waals surface area contributed by atoms with E-state index in [0.717, 1.165) is 12.8 Å². The van der Waals surface area contributed by atoms with Crippen LogP contribution >= 0.6 is 11.3 Å². The van der Waals surface area contributed by atoms with Crippen LogP contribution in [0.4, 0.5) is 0 Å². The first-order chi connectivity index (χ1) is 9.62. The Bertz CT molecular complexity index is 452. The van der Waals surface area contributed by atoms with Crippen molar-refractivity contribution in [3.63, 3.8) is 0 Å². The lowest BCUT2D eigenvalue weighted by Gasteiger charge is -2.33. The topological polar surface area (TPSA) is 75.6 Å². The lowest BCUT2D eigenvalue weighted by Crippen LogP contribution is -2.57. The summed E-state index contributed by atoms with van der Waals surface area (Å²) in [7, 11) is 0. The van der Waals surface area contributed by atoms with Gasteiger partial charge in [-0.15, -0.1) is 11.3 Å². The Morgan fingerprint density at radius 1 is 1.40 bits per heavy atom. The molecule has 110 valence electrons. The molecule has 1 aromatic heterocycles. The summed E-state index contributed by atoms with van der Waals surface area (Å²) in [5.74, 6) is -1.15. The molecular weight excluding hydrogens is 278 g/mol. The highest BCUT2D eigenvalue weighted by Crippen LogP contribution is 2.21. The minimum Gasteiger partial charge on any atom is -0.480 e. The van der Waals surface area contributed by atoms with Gasteiger partial charge in [-0.25, -0.2) is 4.79 Å². The quantitative estimate of drug-likeness (QED) is 0.840. The summed E-state index contributed by atoms with van der Waals surface area (Å²) in [6.07, 6.45) is 2.61. The zero-order valence-corrected chi connectivity index (χ0v) is 12.1. The fourth-order valence-electron chi connectivity index (χ4n) is 2.32. The van der Waals surface area contributed by atoms with Gasteiger partial charge in [-0.05, 0) is 24.3 Å². The molecule has 1 aromatic rings. The molecule has 20 heavy (non-hydrogen) atoms. The normalized spacial score (nSPS) is 17.6. The van der Waals surface area contributed by atoms with E-state index in [0.29, 0.717) is 32.5 Å². The first-order valence-corrected chi connectivity index (χ1v) is 7.65. The molecule has 1 aliphatic rings. The van der Waals surface area contributed by atoms with Crippen molar-refractivity contribution in [2.45, 2.75) is 37.6 Å². The molecule has 0 unspecified atom stereocenters. The summed E-state index contributed by atoms with van der Waals surface area (Å²) in [5, 5.41) is 14.1. The maximum Gasteiger partial charge on any atom is 0.329 e. The van der Waals surface area contributed by atoms with Gasteiger partial charge in [-0.3, -0.25) is 4.79 Å². The summed E-state index contributed by atoms with van der Waals surface area (Å²) >= 11 is 1.67. The molecule has 0 aliphatic carbocycles. The number of hydrogen-bond donors (Lipinski definition) is 2. The summed E-state index contributed by atoms with van der Waals surface area (Å²) < 4.78 is 5.17. The van der Waals surface area contributed by atoms with Gasteiger partial charge >= 0.3 is 5.97 Å². The Morgan fingerprint density at radius 3 is 2.75 bits per heavy atom. The van der Waals surface area contributed by atoms with Crippen LogP contribution < -0.4 is 5.32 Å². The van der Waals surface area contributed by atoms with Crippen LogP contribution in [0.3, 0.4) is 0 Å². The lowest BCUT2D eigenvalue weighted by molar-refractivity contribution is -0.152. The molecule has 6 heteroatoms. The molecule has 1 amide bonds. The fraction of sp³-hybridized carbons (Fsp3) is 0.571. The van der Waals surface area contributed by atoms with Crippen molar-refractivity contribution < 1.29 is 19.4 Å². The van der Waals surface area contributed by atoms with Crippen LogP contribution in [0.1, 0.15) is 30.6 Å². The van der Waals surface area contributed by atoms with Gasteiger partial charge in [0.15, 0.2) is 0 Å². The van der Waals surface area contributed by atoms with E-state index < -0.39 is 11.5 Å². The van der Waals surface area contributed by atoms with Gasteiger partial charge in [-0.1, -0.05) is 6.07 Å². The molecule has 0 radical (unpaired) electrons. The largest absolute Gasteiger partial charge is 0.480 e. The maximum atomic E-state index is 11.9. The first-order valence-electron chi connectivity index (χ1n) is 6.77. The number of carboxylic acid groups (broad SMARTS) is 1. The van der Waals surface area contributed by atoms with Gasteiger partial charge in [0.25, 0.3) is 0 Å². The number of amides is 1. The second-order valence-corrected chi connectivity index (χ2v) is 6.01. The number of carbonyl (C=O) groups excluding carboxylic acids is 1. The van der Waals surface area contributed by atoms with E-state index in [4.69, 9.17) is 4.74 Å². The number of carbonyl (C=O) groups is 2. The number of carboxylic acids is 1. The summed E-state index contributed by atoms with van der Waals surface area (Å²) in [6, 6.07) is 4.03. The Kier molecular flexibility index (Phi) is 5.14. The van der Waals surface area contributed by atoms with E-state index in [1.807, 2.05) is 17.5 Å². The number of rotatable bonds is 6. The predicted octanol–water partition coefficient (Wildman–Crippen LogP) is 1.82. The Morgan fingerprint density at radius 2 is 2.15 bits per heavy atom. The molecule has 2 N–H and O–H groups in total. The minimum atomic E-state index is -1.14. The maximum absolute atomic E-state index is 11.9. The van der Waals surface area contributed by atoms with Crippen LogP contribution in [-0.2, 0) is 20.7 Å². The average molecular weight is 297 g/mol. The van der Waals surface area contributed by atoms with Crippen LogP contribution in [0.5, 0.6) is 0 Å². The second kappa shape index (κ2) is 6.85. The van der Waals surface area contributed by atoms with E-state index in [-0.39, 0.29) is 5.91 Å². The van der Waals surface area contributed by atoms with Crippen molar-refractivity contribution in [2.24, 2.45) is 0 Å². The van der Waals surface area contributed by atoms with Crippen LogP contribution in [-0.4, -0.2) is 35.7 Å². The van der Waals surface area contributed by atoms with Gasteiger partial charge in [0.1, 0.15) is 5.54 Å². The third-order valence-corrected chi connectivity index (χ3v) is 4.48. The third kappa shape index (κ3) is 3.80. The molecule has 2 rings (SSSR count). The molecular formula is C14H19NO4S. The van der Waals surface area contributed by atoms with Gasteiger partial charge in [0.2, 0.25) is 5.91 Å². The number of aliphatic carboxylic acids is 1. The number of hydrogen-bond acceptors (Lipinski definition) is 4. The van der Waals surface area contributed by atoms with E-state index in [1.165, 1.54) is 4.88 Å². The minimum absolute atomic E-state index is 0.189. The molecule has 0 atom stereocenters.